The number of rotatable bonds is 7. The summed E-state index contributed by atoms with van der Waals surface area (Å²) in [6.45, 7) is 1.56. The van der Waals surface area contributed by atoms with Gasteiger partial charge in [0.05, 0.1) is 11.4 Å². The van der Waals surface area contributed by atoms with Crippen LogP contribution in [0, 0.1) is 0 Å². The van der Waals surface area contributed by atoms with E-state index in [4.69, 9.17) is 11.6 Å². The highest BCUT2D eigenvalue weighted by atomic mass is 35.5. The molecule has 1 aliphatic carbocycles. The molecule has 0 aromatic heterocycles. The minimum atomic E-state index is -3.91. The van der Waals surface area contributed by atoms with E-state index < -0.39 is 16.1 Å². The fraction of sp³-hybridized carbons (Fsp3) is 0.381. The lowest BCUT2D eigenvalue weighted by molar-refractivity contribution is -0.122. The van der Waals surface area contributed by atoms with Gasteiger partial charge in [0.2, 0.25) is 15.9 Å². The Morgan fingerprint density at radius 3 is 2.46 bits per heavy atom. The molecule has 1 amide bonds. The predicted octanol–water partition coefficient (Wildman–Crippen LogP) is 4.15. The highest BCUT2D eigenvalue weighted by Crippen LogP contribution is 2.28. The summed E-state index contributed by atoms with van der Waals surface area (Å²) < 4.78 is 28.0. The molecule has 0 aliphatic heterocycles. The van der Waals surface area contributed by atoms with Gasteiger partial charge in [0.15, 0.2) is 0 Å². The van der Waals surface area contributed by atoms with Crippen LogP contribution in [-0.2, 0) is 14.8 Å². The third-order valence-electron chi connectivity index (χ3n) is 5.14. The van der Waals surface area contributed by atoms with Gasteiger partial charge in [-0.15, -0.1) is 0 Å². The number of sulfonamides is 1. The zero-order chi connectivity index (χ0) is 20.1. The topological polar surface area (TPSA) is 66.5 Å². The quantitative estimate of drug-likeness (QED) is 0.731. The first-order valence-electron chi connectivity index (χ1n) is 9.49. The molecule has 5 nitrogen and oxygen atoms in total. The number of carbonyl (C=O) groups is 1. The molecule has 1 atom stereocenters. The average molecular weight is 421 g/mol. The van der Waals surface area contributed by atoms with Crippen LogP contribution < -0.4 is 5.32 Å². The van der Waals surface area contributed by atoms with Gasteiger partial charge in [-0.2, -0.15) is 4.31 Å². The molecule has 1 N–H and O–H groups in total. The van der Waals surface area contributed by atoms with Crippen molar-refractivity contribution in [1.82, 2.24) is 9.62 Å². The van der Waals surface area contributed by atoms with Crippen LogP contribution >= 0.6 is 11.6 Å². The van der Waals surface area contributed by atoms with E-state index in [-0.39, 0.29) is 23.4 Å². The van der Waals surface area contributed by atoms with Gasteiger partial charge >= 0.3 is 0 Å². The molecule has 28 heavy (non-hydrogen) atoms. The second kappa shape index (κ2) is 9.07. The summed E-state index contributed by atoms with van der Waals surface area (Å²) in [6.07, 6.45) is 4.08. The van der Waals surface area contributed by atoms with Gasteiger partial charge < -0.3 is 5.32 Å². The largest absolute Gasteiger partial charge is 0.352 e. The third-order valence-corrected chi connectivity index (χ3v) is 7.28. The third kappa shape index (κ3) is 4.93. The standard InChI is InChI=1S/C21H25ClN2O3S/c1-16(17-8-3-2-4-9-17)24(15-21(25)23-19-11-5-6-12-19)28(26,27)20-13-7-10-18(22)14-20/h2-4,7-10,13-14,16,19H,5-6,11-12,15H2,1H3,(H,23,25)/t16-/m1/s1. The van der Waals surface area contributed by atoms with Gasteiger partial charge in [-0.1, -0.05) is 60.8 Å². The molecule has 3 rings (SSSR count). The Kier molecular flexibility index (Phi) is 6.75. The van der Waals surface area contributed by atoms with E-state index in [0.29, 0.717) is 5.02 Å². The summed E-state index contributed by atoms with van der Waals surface area (Å²) in [7, 11) is -3.91. The lowest BCUT2D eigenvalue weighted by Crippen LogP contribution is -2.44. The van der Waals surface area contributed by atoms with Crippen molar-refractivity contribution in [2.24, 2.45) is 0 Å². The first-order valence-corrected chi connectivity index (χ1v) is 11.3. The van der Waals surface area contributed by atoms with Crippen molar-refractivity contribution in [3.8, 4) is 0 Å². The Morgan fingerprint density at radius 2 is 1.82 bits per heavy atom. The lowest BCUT2D eigenvalue weighted by atomic mass is 10.1. The van der Waals surface area contributed by atoms with E-state index in [1.54, 1.807) is 19.1 Å². The number of amides is 1. The molecular weight excluding hydrogens is 396 g/mol. The van der Waals surface area contributed by atoms with Crippen LogP contribution in [0.5, 0.6) is 0 Å². The van der Waals surface area contributed by atoms with E-state index in [1.165, 1.54) is 16.4 Å². The highest BCUT2D eigenvalue weighted by molar-refractivity contribution is 7.89. The summed E-state index contributed by atoms with van der Waals surface area (Å²) in [5.41, 5.74) is 0.821. The maximum absolute atomic E-state index is 13.4. The van der Waals surface area contributed by atoms with Crippen molar-refractivity contribution < 1.29 is 13.2 Å². The van der Waals surface area contributed by atoms with Crippen LogP contribution in [0.1, 0.15) is 44.2 Å². The minimum Gasteiger partial charge on any atom is -0.352 e. The monoisotopic (exact) mass is 420 g/mol. The van der Waals surface area contributed by atoms with Gasteiger partial charge in [-0.25, -0.2) is 8.42 Å². The number of hydrogen-bond acceptors (Lipinski definition) is 3. The number of nitrogens with zero attached hydrogens (tertiary/aromatic N) is 1. The fourth-order valence-corrected chi connectivity index (χ4v) is 5.45. The van der Waals surface area contributed by atoms with Gasteiger partial charge in [-0.3, -0.25) is 4.79 Å². The molecule has 0 unspecified atom stereocenters. The van der Waals surface area contributed by atoms with Crippen LogP contribution in [0.15, 0.2) is 59.5 Å². The Morgan fingerprint density at radius 1 is 1.14 bits per heavy atom. The summed E-state index contributed by atoms with van der Waals surface area (Å²) in [5.74, 6) is -0.278. The summed E-state index contributed by atoms with van der Waals surface area (Å²) in [4.78, 5) is 12.7. The molecule has 1 fully saturated rings. The van der Waals surface area contributed by atoms with Gasteiger partial charge in [0.25, 0.3) is 0 Å². The Labute approximate surface area is 171 Å². The number of halogens is 1. The van der Waals surface area contributed by atoms with E-state index in [0.717, 1.165) is 31.2 Å². The maximum atomic E-state index is 13.4. The van der Waals surface area contributed by atoms with Gasteiger partial charge in [0.1, 0.15) is 0 Å². The van der Waals surface area contributed by atoms with Crippen molar-refractivity contribution in [3.63, 3.8) is 0 Å². The van der Waals surface area contributed by atoms with Crippen LogP contribution in [0.3, 0.4) is 0 Å². The van der Waals surface area contributed by atoms with Crippen LogP contribution in [0.2, 0.25) is 5.02 Å². The van der Waals surface area contributed by atoms with Crippen molar-refractivity contribution in [2.45, 2.75) is 49.6 Å². The minimum absolute atomic E-state index is 0.0800. The molecule has 0 radical (unpaired) electrons. The molecular formula is C21H25ClN2O3S. The molecule has 1 saturated carbocycles. The Balaban J connectivity index is 1.90. The van der Waals surface area contributed by atoms with Crippen molar-refractivity contribution >= 4 is 27.5 Å². The van der Waals surface area contributed by atoms with E-state index in [1.807, 2.05) is 30.3 Å². The first kappa shape index (κ1) is 20.8. The van der Waals surface area contributed by atoms with Crippen LogP contribution in [-0.4, -0.2) is 31.2 Å². The van der Waals surface area contributed by atoms with Gasteiger partial charge in [-0.05, 0) is 43.5 Å². The number of nitrogens with one attached hydrogen (secondary N) is 1. The summed E-state index contributed by atoms with van der Waals surface area (Å²) >= 11 is 6.01. The number of hydrogen-bond donors (Lipinski definition) is 1. The normalized spacial score (nSPS) is 16.2. The van der Waals surface area contributed by atoms with Crippen LogP contribution in [0.25, 0.3) is 0 Å². The molecule has 0 bridgehead atoms. The van der Waals surface area contributed by atoms with Crippen LogP contribution in [0.4, 0.5) is 0 Å². The molecule has 150 valence electrons. The Bertz CT molecular complexity index is 912. The molecule has 1 aliphatic rings. The molecule has 0 heterocycles. The summed E-state index contributed by atoms with van der Waals surface area (Å²) in [5, 5.41) is 3.32. The second-order valence-corrected chi connectivity index (χ2v) is 9.47. The average Bonchev–Trinajstić information content (AvgIpc) is 3.19. The van der Waals surface area contributed by atoms with E-state index in [2.05, 4.69) is 5.32 Å². The van der Waals surface area contributed by atoms with Crippen molar-refractivity contribution in [1.29, 1.82) is 0 Å². The predicted molar refractivity (Wildman–Crippen MR) is 111 cm³/mol. The van der Waals surface area contributed by atoms with Crippen molar-refractivity contribution in [2.75, 3.05) is 6.54 Å². The SMILES string of the molecule is C[C@H](c1ccccc1)N(CC(=O)NC1CCCC1)S(=O)(=O)c1cccc(Cl)c1. The molecule has 2 aromatic rings. The van der Waals surface area contributed by atoms with E-state index >= 15 is 0 Å². The maximum Gasteiger partial charge on any atom is 0.244 e. The molecule has 0 spiro atoms. The number of carbonyl (C=O) groups excluding carboxylic acids is 1. The van der Waals surface area contributed by atoms with Gasteiger partial charge in [0, 0.05) is 17.1 Å². The fourth-order valence-electron chi connectivity index (χ4n) is 3.58. The van der Waals surface area contributed by atoms with Crippen molar-refractivity contribution in [3.05, 3.63) is 65.2 Å². The van der Waals surface area contributed by atoms with E-state index in [9.17, 15) is 13.2 Å². The smallest absolute Gasteiger partial charge is 0.244 e. The zero-order valence-electron chi connectivity index (χ0n) is 15.8. The molecule has 2 aromatic carbocycles. The first-order chi connectivity index (χ1) is 13.4. The second-order valence-electron chi connectivity index (χ2n) is 7.14. The number of benzene rings is 2. The molecule has 0 saturated heterocycles. The zero-order valence-corrected chi connectivity index (χ0v) is 17.4. The molecule has 7 heteroatoms. The Hall–Kier alpha value is -1.89. The lowest BCUT2D eigenvalue weighted by Gasteiger charge is -2.29. The summed E-state index contributed by atoms with van der Waals surface area (Å²) in [6, 6.07) is 15.1. The highest BCUT2D eigenvalue weighted by Gasteiger charge is 2.32.